The Hall–Kier alpha value is -2.06. The number of piperidine rings is 1. The first kappa shape index (κ1) is 16.1. The van der Waals surface area contributed by atoms with Crippen LogP contribution in [-0.2, 0) is 19.4 Å². The van der Waals surface area contributed by atoms with Crippen molar-refractivity contribution in [2.24, 2.45) is 0 Å². The van der Waals surface area contributed by atoms with E-state index in [4.69, 9.17) is 0 Å². The van der Waals surface area contributed by atoms with E-state index in [2.05, 4.69) is 66.2 Å². The van der Waals surface area contributed by atoms with Crippen LogP contribution in [0.2, 0.25) is 0 Å². The SMILES string of the molecule is Cc1ccc2c(c1)c1c(n2CCc2ccccc2C)C[C@H]2CCC[C@H]1N2. The van der Waals surface area contributed by atoms with Crippen molar-refractivity contribution in [3.05, 3.63) is 70.4 Å². The van der Waals surface area contributed by atoms with Crippen molar-refractivity contribution in [1.29, 1.82) is 0 Å². The molecule has 0 saturated carbocycles. The van der Waals surface area contributed by atoms with E-state index in [-0.39, 0.29) is 0 Å². The van der Waals surface area contributed by atoms with Gasteiger partial charge in [-0.15, -0.1) is 0 Å². The molecule has 2 aromatic carbocycles. The highest BCUT2D eigenvalue weighted by molar-refractivity contribution is 5.87. The lowest BCUT2D eigenvalue weighted by molar-refractivity contribution is 0.298. The molecule has 26 heavy (non-hydrogen) atoms. The second-order valence-corrected chi connectivity index (χ2v) is 8.26. The van der Waals surface area contributed by atoms with Crippen molar-refractivity contribution >= 4 is 10.9 Å². The maximum Gasteiger partial charge on any atom is 0.0486 e. The van der Waals surface area contributed by atoms with Gasteiger partial charge in [0.25, 0.3) is 0 Å². The monoisotopic (exact) mass is 344 g/mol. The van der Waals surface area contributed by atoms with E-state index in [1.54, 1.807) is 11.3 Å². The summed E-state index contributed by atoms with van der Waals surface area (Å²) in [5.74, 6) is 0. The Morgan fingerprint density at radius 2 is 1.96 bits per heavy atom. The fourth-order valence-corrected chi connectivity index (χ4v) is 5.18. The van der Waals surface area contributed by atoms with Crippen LogP contribution in [0.15, 0.2) is 42.5 Å². The van der Waals surface area contributed by atoms with Gasteiger partial charge in [0.15, 0.2) is 0 Å². The van der Waals surface area contributed by atoms with Crippen molar-refractivity contribution in [1.82, 2.24) is 9.88 Å². The first-order chi connectivity index (χ1) is 12.7. The fourth-order valence-electron chi connectivity index (χ4n) is 5.18. The Bertz CT molecular complexity index is 966. The lowest BCUT2D eigenvalue weighted by Gasteiger charge is -2.37. The highest BCUT2D eigenvalue weighted by Gasteiger charge is 2.34. The van der Waals surface area contributed by atoms with Crippen LogP contribution in [0.3, 0.4) is 0 Å². The summed E-state index contributed by atoms with van der Waals surface area (Å²) in [6.45, 7) is 5.53. The number of hydrogen-bond donors (Lipinski definition) is 1. The average molecular weight is 345 g/mol. The first-order valence-corrected chi connectivity index (χ1v) is 10.1. The standard InChI is InChI=1S/C24H28N2/c1-16-10-11-22-20(14-16)24-21-9-5-8-19(25-21)15-23(24)26(22)13-12-18-7-4-3-6-17(18)2/h3-4,6-7,10-11,14,19,21,25H,5,8-9,12-13,15H2,1-2H3/t19-,21-/m1/s1. The van der Waals surface area contributed by atoms with Crippen LogP contribution in [0, 0.1) is 13.8 Å². The number of nitrogens with zero attached hydrogens (tertiary/aromatic N) is 1. The molecule has 0 aliphatic carbocycles. The molecule has 0 unspecified atom stereocenters. The quantitative estimate of drug-likeness (QED) is 0.687. The molecule has 0 amide bonds. The zero-order valence-electron chi connectivity index (χ0n) is 15.9. The third-order valence-electron chi connectivity index (χ3n) is 6.51. The molecule has 1 fully saturated rings. The third kappa shape index (κ3) is 2.59. The van der Waals surface area contributed by atoms with Crippen molar-refractivity contribution < 1.29 is 0 Å². The van der Waals surface area contributed by atoms with Crippen molar-refractivity contribution in [2.75, 3.05) is 0 Å². The lowest BCUT2D eigenvalue weighted by Crippen LogP contribution is -2.43. The maximum atomic E-state index is 3.90. The van der Waals surface area contributed by atoms with Gasteiger partial charge in [0.1, 0.15) is 0 Å². The Kier molecular flexibility index (Phi) is 3.90. The second kappa shape index (κ2) is 6.28. The molecular weight excluding hydrogens is 316 g/mol. The van der Waals surface area contributed by atoms with E-state index in [0.29, 0.717) is 12.1 Å². The van der Waals surface area contributed by atoms with Gasteiger partial charge >= 0.3 is 0 Å². The van der Waals surface area contributed by atoms with Crippen LogP contribution in [0.4, 0.5) is 0 Å². The van der Waals surface area contributed by atoms with E-state index in [0.717, 1.165) is 13.0 Å². The van der Waals surface area contributed by atoms with Crippen LogP contribution in [-0.4, -0.2) is 10.6 Å². The molecule has 1 aromatic heterocycles. The minimum absolute atomic E-state index is 0.557. The summed E-state index contributed by atoms with van der Waals surface area (Å²) >= 11 is 0. The van der Waals surface area contributed by atoms with Crippen molar-refractivity contribution in [3.63, 3.8) is 0 Å². The summed E-state index contributed by atoms with van der Waals surface area (Å²) in [5, 5.41) is 5.39. The summed E-state index contributed by atoms with van der Waals surface area (Å²) in [5.41, 5.74) is 8.89. The van der Waals surface area contributed by atoms with Crippen LogP contribution in [0.25, 0.3) is 10.9 Å². The molecule has 5 rings (SSSR count). The van der Waals surface area contributed by atoms with E-state index in [1.807, 2.05) is 0 Å². The van der Waals surface area contributed by atoms with Gasteiger partial charge in [-0.2, -0.15) is 0 Å². The minimum Gasteiger partial charge on any atom is -0.344 e. The van der Waals surface area contributed by atoms with Crippen LogP contribution in [0.5, 0.6) is 0 Å². The number of aryl methyl sites for hydroxylation is 4. The third-order valence-corrected chi connectivity index (χ3v) is 6.51. The van der Waals surface area contributed by atoms with E-state index in [1.165, 1.54) is 53.3 Å². The van der Waals surface area contributed by atoms with Gasteiger partial charge in [0.2, 0.25) is 0 Å². The zero-order valence-corrected chi connectivity index (χ0v) is 15.9. The van der Waals surface area contributed by atoms with Gasteiger partial charge in [0.05, 0.1) is 0 Å². The second-order valence-electron chi connectivity index (χ2n) is 8.26. The summed E-state index contributed by atoms with van der Waals surface area (Å²) < 4.78 is 2.64. The molecule has 1 N–H and O–H groups in total. The number of nitrogens with one attached hydrogen (secondary N) is 1. The van der Waals surface area contributed by atoms with Crippen LogP contribution in [0.1, 0.15) is 53.3 Å². The van der Waals surface area contributed by atoms with Crippen LogP contribution >= 0.6 is 0 Å². The first-order valence-electron chi connectivity index (χ1n) is 10.1. The van der Waals surface area contributed by atoms with E-state index < -0.39 is 0 Å². The molecular formula is C24H28N2. The molecule has 3 aromatic rings. The number of rotatable bonds is 3. The van der Waals surface area contributed by atoms with Gasteiger partial charge in [-0.05, 0) is 68.4 Å². The van der Waals surface area contributed by atoms with Crippen molar-refractivity contribution in [2.45, 2.75) is 64.6 Å². The topological polar surface area (TPSA) is 17.0 Å². The fraction of sp³-hybridized carbons (Fsp3) is 0.417. The summed E-state index contributed by atoms with van der Waals surface area (Å²) in [7, 11) is 0. The molecule has 2 heteroatoms. The highest BCUT2D eigenvalue weighted by atomic mass is 15.1. The summed E-state index contributed by atoms with van der Waals surface area (Å²) in [6.07, 6.45) is 6.28. The lowest BCUT2D eigenvalue weighted by atomic mass is 9.84. The normalized spacial score (nSPS) is 21.8. The molecule has 3 heterocycles. The molecule has 1 saturated heterocycles. The van der Waals surface area contributed by atoms with E-state index in [9.17, 15) is 0 Å². The Morgan fingerprint density at radius 3 is 2.85 bits per heavy atom. The van der Waals surface area contributed by atoms with Gasteiger partial charge < -0.3 is 9.88 Å². The minimum atomic E-state index is 0.557. The average Bonchev–Trinajstić information content (AvgIpc) is 2.94. The molecule has 2 bridgehead atoms. The molecule has 2 aliphatic heterocycles. The highest BCUT2D eigenvalue weighted by Crippen LogP contribution is 2.41. The summed E-state index contributed by atoms with van der Waals surface area (Å²) in [4.78, 5) is 0. The zero-order chi connectivity index (χ0) is 17.7. The predicted molar refractivity (Wildman–Crippen MR) is 109 cm³/mol. The molecule has 0 spiro atoms. The van der Waals surface area contributed by atoms with E-state index >= 15 is 0 Å². The molecule has 2 atom stereocenters. The maximum absolute atomic E-state index is 3.90. The summed E-state index contributed by atoms with van der Waals surface area (Å²) in [6, 6.07) is 17.1. The molecule has 2 aliphatic rings. The molecule has 0 radical (unpaired) electrons. The molecule has 2 nitrogen and oxygen atoms in total. The van der Waals surface area contributed by atoms with Gasteiger partial charge in [-0.1, -0.05) is 35.9 Å². The van der Waals surface area contributed by atoms with Gasteiger partial charge in [0, 0.05) is 41.6 Å². The Balaban J connectivity index is 1.61. The number of benzene rings is 2. The number of aromatic nitrogens is 1. The Morgan fingerprint density at radius 1 is 1.08 bits per heavy atom. The van der Waals surface area contributed by atoms with Gasteiger partial charge in [-0.25, -0.2) is 0 Å². The predicted octanol–water partition coefficient (Wildman–Crippen LogP) is 5.24. The number of hydrogen-bond acceptors (Lipinski definition) is 1. The Labute approximate surface area is 156 Å². The van der Waals surface area contributed by atoms with Crippen molar-refractivity contribution in [3.8, 4) is 0 Å². The number of fused-ring (bicyclic) bond motifs is 6. The van der Waals surface area contributed by atoms with Crippen LogP contribution < -0.4 is 5.32 Å². The molecule has 134 valence electrons. The van der Waals surface area contributed by atoms with Gasteiger partial charge in [-0.3, -0.25) is 0 Å². The largest absolute Gasteiger partial charge is 0.344 e. The smallest absolute Gasteiger partial charge is 0.0486 e.